The van der Waals surface area contributed by atoms with Crippen molar-refractivity contribution in [2.75, 3.05) is 7.11 Å². The quantitative estimate of drug-likeness (QED) is 0.626. The molecule has 2 aromatic rings. The first-order chi connectivity index (χ1) is 6.74. The number of nitrogens with zero attached hydrogens (tertiary/aromatic N) is 3. The van der Waals surface area contributed by atoms with Crippen molar-refractivity contribution in [1.82, 2.24) is 14.6 Å². The van der Waals surface area contributed by atoms with Crippen molar-refractivity contribution in [3.8, 4) is 0 Å². The van der Waals surface area contributed by atoms with Gasteiger partial charge in [-0.15, -0.1) is 0 Å². The number of rotatable bonds is 1. The van der Waals surface area contributed by atoms with Crippen molar-refractivity contribution >= 4 is 11.6 Å². The maximum Gasteiger partial charge on any atom is 0.341 e. The van der Waals surface area contributed by atoms with Gasteiger partial charge < -0.3 is 4.74 Å². The predicted molar refractivity (Wildman–Crippen MR) is 49.1 cm³/mol. The number of esters is 1. The topological polar surface area (TPSA) is 56.5 Å². The minimum atomic E-state index is -0.396. The Morgan fingerprint density at radius 2 is 2.36 bits per heavy atom. The molecule has 0 saturated carbocycles. The molecule has 72 valence electrons. The van der Waals surface area contributed by atoms with E-state index < -0.39 is 5.97 Å². The molecule has 0 aliphatic carbocycles. The lowest BCUT2D eigenvalue weighted by atomic mass is 10.2. The molecule has 0 spiro atoms. The SMILES string of the molecule is COC(=O)c1cnc2ccnn2c1C. The zero-order valence-electron chi connectivity index (χ0n) is 7.89. The number of aromatic nitrogens is 3. The number of fused-ring (bicyclic) bond motifs is 1. The Morgan fingerprint density at radius 3 is 3.07 bits per heavy atom. The summed E-state index contributed by atoms with van der Waals surface area (Å²) in [6, 6.07) is 1.77. The molecule has 0 saturated heterocycles. The third kappa shape index (κ3) is 1.14. The van der Waals surface area contributed by atoms with E-state index in [1.165, 1.54) is 13.3 Å². The predicted octanol–water partition coefficient (Wildman–Crippen LogP) is 0.824. The molecular formula is C9H9N3O2. The van der Waals surface area contributed by atoms with Gasteiger partial charge in [0.15, 0.2) is 5.65 Å². The summed E-state index contributed by atoms with van der Waals surface area (Å²) in [5.41, 5.74) is 1.88. The summed E-state index contributed by atoms with van der Waals surface area (Å²) in [5.74, 6) is -0.396. The zero-order valence-corrected chi connectivity index (χ0v) is 7.89. The lowest BCUT2D eigenvalue weighted by molar-refractivity contribution is 0.0598. The summed E-state index contributed by atoms with van der Waals surface area (Å²) in [6.07, 6.45) is 3.13. The first-order valence-electron chi connectivity index (χ1n) is 4.11. The summed E-state index contributed by atoms with van der Waals surface area (Å²) < 4.78 is 6.23. The molecule has 0 radical (unpaired) electrons. The van der Waals surface area contributed by atoms with Gasteiger partial charge in [0.2, 0.25) is 0 Å². The van der Waals surface area contributed by atoms with Crippen LogP contribution in [0.5, 0.6) is 0 Å². The van der Waals surface area contributed by atoms with E-state index >= 15 is 0 Å². The number of hydrogen-bond acceptors (Lipinski definition) is 4. The first kappa shape index (κ1) is 8.68. The van der Waals surface area contributed by atoms with Crippen molar-refractivity contribution in [3.63, 3.8) is 0 Å². The largest absolute Gasteiger partial charge is 0.465 e. The second-order valence-electron chi connectivity index (χ2n) is 2.85. The fourth-order valence-corrected chi connectivity index (χ4v) is 1.30. The number of carbonyl (C=O) groups excluding carboxylic acids is 1. The third-order valence-corrected chi connectivity index (χ3v) is 2.06. The van der Waals surface area contributed by atoms with Gasteiger partial charge in [-0.25, -0.2) is 14.3 Å². The van der Waals surface area contributed by atoms with Crippen LogP contribution < -0.4 is 0 Å². The highest BCUT2D eigenvalue weighted by molar-refractivity contribution is 5.90. The molecule has 0 bridgehead atoms. The molecule has 0 N–H and O–H groups in total. The number of methoxy groups -OCH3 is 1. The Hall–Kier alpha value is -1.91. The highest BCUT2D eigenvalue weighted by Gasteiger charge is 2.12. The molecule has 5 heteroatoms. The van der Waals surface area contributed by atoms with Gasteiger partial charge in [0.05, 0.1) is 24.6 Å². The molecule has 0 atom stereocenters. The zero-order chi connectivity index (χ0) is 10.1. The van der Waals surface area contributed by atoms with Crippen LogP contribution in [0.15, 0.2) is 18.5 Å². The van der Waals surface area contributed by atoms with E-state index in [2.05, 4.69) is 14.8 Å². The van der Waals surface area contributed by atoms with Crippen LogP contribution in [0.1, 0.15) is 16.1 Å². The van der Waals surface area contributed by atoms with E-state index in [0.717, 1.165) is 11.3 Å². The van der Waals surface area contributed by atoms with Gasteiger partial charge in [0.25, 0.3) is 0 Å². The highest BCUT2D eigenvalue weighted by Crippen LogP contribution is 2.09. The van der Waals surface area contributed by atoms with Crippen molar-refractivity contribution < 1.29 is 9.53 Å². The molecule has 0 fully saturated rings. The van der Waals surface area contributed by atoms with Crippen LogP contribution in [0.3, 0.4) is 0 Å². The van der Waals surface area contributed by atoms with Crippen LogP contribution in [0.4, 0.5) is 0 Å². The normalized spacial score (nSPS) is 10.4. The summed E-state index contributed by atoms with van der Waals surface area (Å²) in [5, 5.41) is 4.04. The summed E-state index contributed by atoms with van der Waals surface area (Å²) in [4.78, 5) is 15.4. The van der Waals surface area contributed by atoms with Gasteiger partial charge in [-0.1, -0.05) is 0 Å². The number of carbonyl (C=O) groups is 1. The molecule has 2 aromatic heterocycles. The van der Waals surface area contributed by atoms with Gasteiger partial charge >= 0.3 is 5.97 Å². The first-order valence-corrected chi connectivity index (χ1v) is 4.11. The monoisotopic (exact) mass is 191 g/mol. The van der Waals surface area contributed by atoms with Crippen molar-refractivity contribution in [2.24, 2.45) is 0 Å². The Labute approximate surface area is 80.3 Å². The Morgan fingerprint density at radius 1 is 1.57 bits per heavy atom. The molecule has 2 rings (SSSR count). The molecule has 0 aliphatic rings. The van der Waals surface area contributed by atoms with Crippen LogP contribution >= 0.6 is 0 Å². The maximum absolute atomic E-state index is 11.3. The van der Waals surface area contributed by atoms with E-state index in [4.69, 9.17) is 0 Å². The second kappa shape index (κ2) is 3.10. The highest BCUT2D eigenvalue weighted by atomic mass is 16.5. The summed E-state index contributed by atoms with van der Waals surface area (Å²) >= 11 is 0. The van der Waals surface area contributed by atoms with Crippen LogP contribution in [0.25, 0.3) is 5.65 Å². The van der Waals surface area contributed by atoms with Gasteiger partial charge in [0, 0.05) is 12.3 Å². The van der Waals surface area contributed by atoms with Crippen LogP contribution in [0.2, 0.25) is 0 Å². The van der Waals surface area contributed by atoms with Crippen LogP contribution in [0, 0.1) is 6.92 Å². The molecular weight excluding hydrogens is 182 g/mol. The Bertz CT molecular complexity index is 490. The van der Waals surface area contributed by atoms with Gasteiger partial charge in [-0.3, -0.25) is 0 Å². The number of ether oxygens (including phenoxy) is 1. The smallest absolute Gasteiger partial charge is 0.341 e. The minimum absolute atomic E-state index is 0.396. The van der Waals surface area contributed by atoms with E-state index in [1.807, 2.05) is 0 Å². The Kier molecular flexibility index (Phi) is 1.92. The fraction of sp³-hybridized carbons (Fsp3) is 0.222. The third-order valence-electron chi connectivity index (χ3n) is 2.06. The lowest BCUT2D eigenvalue weighted by Gasteiger charge is -2.04. The Balaban J connectivity index is 2.67. The fourth-order valence-electron chi connectivity index (χ4n) is 1.30. The van der Waals surface area contributed by atoms with E-state index in [-0.39, 0.29) is 0 Å². The van der Waals surface area contributed by atoms with Crippen molar-refractivity contribution in [2.45, 2.75) is 6.92 Å². The minimum Gasteiger partial charge on any atom is -0.465 e. The standard InChI is InChI=1S/C9H9N3O2/c1-6-7(9(13)14-2)5-10-8-3-4-11-12(6)8/h3-5H,1-2H3. The van der Waals surface area contributed by atoms with Crippen LogP contribution in [-0.2, 0) is 4.74 Å². The van der Waals surface area contributed by atoms with Gasteiger partial charge in [0.1, 0.15) is 0 Å². The van der Waals surface area contributed by atoms with Crippen LogP contribution in [-0.4, -0.2) is 27.7 Å². The van der Waals surface area contributed by atoms with Gasteiger partial charge in [-0.2, -0.15) is 5.10 Å². The van der Waals surface area contributed by atoms with E-state index in [9.17, 15) is 4.79 Å². The number of hydrogen-bond donors (Lipinski definition) is 0. The van der Waals surface area contributed by atoms with Crippen molar-refractivity contribution in [1.29, 1.82) is 0 Å². The summed E-state index contributed by atoms with van der Waals surface area (Å²) in [7, 11) is 1.34. The lowest BCUT2D eigenvalue weighted by Crippen LogP contribution is -2.09. The van der Waals surface area contributed by atoms with E-state index in [1.54, 1.807) is 23.7 Å². The molecule has 14 heavy (non-hydrogen) atoms. The maximum atomic E-state index is 11.3. The molecule has 0 unspecified atom stereocenters. The molecule has 0 amide bonds. The molecule has 0 aromatic carbocycles. The average Bonchev–Trinajstić information content (AvgIpc) is 2.66. The van der Waals surface area contributed by atoms with Crippen molar-refractivity contribution in [3.05, 3.63) is 29.7 Å². The summed E-state index contributed by atoms with van der Waals surface area (Å²) in [6.45, 7) is 1.80. The molecule has 0 aliphatic heterocycles. The average molecular weight is 191 g/mol. The number of aryl methyl sites for hydroxylation is 1. The van der Waals surface area contributed by atoms with Gasteiger partial charge in [-0.05, 0) is 6.92 Å². The molecule has 5 nitrogen and oxygen atoms in total. The molecule has 2 heterocycles. The second-order valence-corrected chi connectivity index (χ2v) is 2.85. The van der Waals surface area contributed by atoms with E-state index in [0.29, 0.717) is 5.56 Å².